The maximum atomic E-state index is 12.8. The van der Waals surface area contributed by atoms with E-state index in [2.05, 4.69) is 10.1 Å². The summed E-state index contributed by atoms with van der Waals surface area (Å²) in [6.45, 7) is -0.752. The molecule has 1 unspecified atom stereocenters. The number of halogens is 2. The normalized spacial score (nSPS) is 15.3. The van der Waals surface area contributed by atoms with Crippen molar-refractivity contribution < 1.29 is 28.2 Å². The third kappa shape index (κ3) is 2.57. The molecule has 0 aromatic carbocycles. The Kier molecular flexibility index (Phi) is 3.19. The largest absolute Gasteiger partial charge is 0.397 e. The predicted octanol–water partition coefficient (Wildman–Crippen LogP) is -0.591. The summed E-state index contributed by atoms with van der Waals surface area (Å²) >= 11 is 0. The lowest BCUT2D eigenvalue weighted by atomic mass is 10.4. The number of aromatic nitrogens is 3. The van der Waals surface area contributed by atoms with Crippen molar-refractivity contribution in [2.75, 3.05) is 0 Å². The first-order valence-corrected chi connectivity index (χ1v) is 5.30. The first-order valence-electron chi connectivity index (χ1n) is 3.69. The Balaban J connectivity index is 2.77. The van der Waals surface area contributed by atoms with Crippen LogP contribution in [-0.2, 0) is 11.1 Å². The van der Waals surface area contributed by atoms with Gasteiger partial charge in [0, 0.05) is 0 Å². The molecule has 1 aromatic rings. The molecule has 7 nitrogen and oxygen atoms in total. The Morgan fingerprint density at radius 3 is 2.53 bits per heavy atom. The second-order valence-electron chi connectivity index (χ2n) is 2.77. The van der Waals surface area contributed by atoms with Gasteiger partial charge < -0.3 is 14.9 Å². The van der Waals surface area contributed by atoms with Gasteiger partial charge in [-0.1, -0.05) is 0 Å². The number of aliphatic hydroxyl groups excluding tert-OH is 1. The summed E-state index contributed by atoms with van der Waals surface area (Å²) < 4.78 is 36.9. The molecular formula is C5H8F2N3O4P. The summed E-state index contributed by atoms with van der Waals surface area (Å²) in [5.74, 6) is 0. The van der Waals surface area contributed by atoms with Crippen molar-refractivity contribution in [3.63, 3.8) is 0 Å². The molecule has 0 fully saturated rings. The van der Waals surface area contributed by atoms with E-state index in [1.165, 1.54) is 0 Å². The third-order valence-corrected chi connectivity index (χ3v) is 2.69. The smallest absolute Gasteiger partial charge is 0.384 e. The van der Waals surface area contributed by atoms with E-state index in [0.29, 0.717) is 0 Å². The number of hydrogen-bond donors (Lipinski definition) is 3. The second-order valence-corrected chi connectivity index (χ2v) is 4.45. The van der Waals surface area contributed by atoms with Gasteiger partial charge in [0.2, 0.25) is 0 Å². The van der Waals surface area contributed by atoms with E-state index in [-0.39, 0.29) is 0 Å². The van der Waals surface area contributed by atoms with E-state index in [1.54, 1.807) is 0 Å². The quantitative estimate of drug-likeness (QED) is 0.610. The topological polar surface area (TPSA) is 108 Å². The highest BCUT2D eigenvalue weighted by Crippen LogP contribution is 2.54. The van der Waals surface area contributed by atoms with Gasteiger partial charge in [0.25, 0.3) is 0 Å². The third-order valence-electron chi connectivity index (χ3n) is 1.62. The van der Waals surface area contributed by atoms with Crippen LogP contribution < -0.4 is 0 Å². The average molecular weight is 243 g/mol. The number of hydrogen-bond acceptors (Lipinski definition) is 4. The van der Waals surface area contributed by atoms with E-state index >= 15 is 0 Å². The van der Waals surface area contributed by atoms with Crippen LogP contribution in [0.3, 0.4) is 0 Å². The lowest BCUT2D eigenvalue weighted by Crippen LogP contribution is -2.36. The van der Waals surface area contributed by atoms with Crippen molar-refractivity contribution >= 4 is 7.60 Å². The van der Waals surface area contributed by atoms with Gasteiger partial charge in [-0.05, 0) is 0 Å². The van der Waals surface area contributed by atoms with Crippen LogP contribution in [0.15, 0.2) is 12.7 Å². The van der Waals surface area contributed by atoms with Crippen LogP contribution in [0.25, 0.3) is 0 Å². The molecule has 86 valence electrons. The maximum absolute atomic E-state index is 12.8. The maximum Gasteiger partial charge on any atom is 0.397 e. The predicted molar refractivity (Wildman–Crippen MR) is 43.0 cm³/mol. The zero-order chi connectivity index (χ0) is 11.7. The summed E-state index contributed by atoms with van der Waals surface area (Å²) in [4.78, 5) is 20.0. The molecule has 1 atom stereocenters. The molecule has 0 saturated carbocycles. The van der Waals surface area contributed by atoms with Gasteiger partial charge in [0.1, 0.15) is 18.8 Å². The number of alkyl halides is 2. The van der Waals surface area contributed by atoms with E-state index in [4.69, 9.17) is 14.9 Å². The summed E-state index contributed by atoms with van der Waals surface area (Å²) in [7, 11) is -5.69. The van der Waals surface area contributed by atoms with Crippen molar-refractivity contribution in [3.8, 4) is 0 Å². The summed E-state index contributed by atoms with van der Waals surface area (Å²) in [5, 5.41) is 12.4. The molecule has 3 N–H and O–H groups in total. The van der Waals surface area contributed by atoms with Crippen LogP contribution in [0.1, 0.15) is 0 Å². The zero-order valence-corrected chi connectivity index (χ0v) is 8.13. The molecule has 0 amide bonds. The van der Waals surface area contributed by atoms with Crippen LogP contribution in [0.2, 0.25) is 0 Å². The number of nitrogens with zero attached hydrogens (tertiary/aromatic N) is 3. The number of aliphatic hydroxyl groups is 1. The molecule has 10 heteroatoms. The number of rotatable bonds is 4. The van der Waals surface area contributed by atoms with E-state index < -0.39 is 25.9 Å². The van der Waals surface area contributed by atoms with E-state index in [1.807, 2.05) is 0 Å². The van der Waals surface area contributed by atoms with Gasteiger partial charge in [-0.25, -0.2) is 4.98 Å². The van der Waals surface area contributed by atoms with Crippen LogP contribution >= 0.6 is 7.60 Å². The van der Waals surface area contributed by atoms with Gasteiger partial charge in [-0.2, -0.15) is 13.9 Å². The van der Waals surface area contributed by atoms with Crippen LogP contribution in [-0.4, -0.2) is 41.4 Å². The highest BCUT2D eigenvalue weighted by atomic mass is 31.2. The van der Waals surface area contributed by atoms with Gasteiger partial charge in [0.15, 0.2) is 0 Å². The fourth-order valence-corrected chi connectivity index (χ4v) is 1.28. The minimum atomic E-state index is -5.69. The SMILES string of the molecule is O=P(O)(O)C(F)(F)C(O)Cn1cncn1. The summed E-state index contributed by atoms with van der Waals surface area (Å²) in [6.07, 6.45) is -0.443. The minimum absolute atomic E-state index is 0.752. The lowest BCUT2D eigenvalue weighted by Gasteiger charge is -2.22. The lowest BCUT2D eigenvalue weighted by molar-refractivity contribution is -0.0669. The van der Waals surface area contributed by atoms with Crippen LogP contribution in [0.5, 0.6) is 0 Å². The Morgan fingerprint density at radius 1 is 1.53 bits per heavy atom. The first-order chi connectivity index (χ1) is 6.75. The van der Waals surface area contributed by atoms with E-state index in [9.17, 15) is 13.3 Å². The van der Waals surface area contributed by atoms with Crippen molar-refractivity contribution in [3.05, 3.63) is 12.7 Å². The Labute approximate surface area is 82.5 Å². The summed E-state index contributed by atoms with van der Waals surface area (Å²) in [6, 6.07) is 0. The van der Waals surface area contributed by atoms with Crippen LogP contribution in [0, 0.1) is 0 Å². The van der Waals surface area contributed by atoms with E-state index in [0.717, 1.165) is 17.3 Å². The Morgan fingerprint density at radius 2 is 2.13 bits per heavy atom. The fraction of sp³-hybridized carbons (Fsp3) is 0.600. The molecule has 1 rings (SSSR count). The van der Waals surface area contributed by atoms with Gasteiger partial charge >= 0.3 is 13.3 Å². The molecule has 1 aromatic heterocycles. The zero-order valence-electron chi connectivity index (χ0n) is 7.23. The molecule has 0 radical (unpaired) electrons. The van der Waals surface area contributed by atoms with Crippen molar-refractivity contribution in [2.24, 2.45) is 0 Å². The molecule has 1 heterocycles. The molecular weight excluding hydrogens is 235 g/mol. The summed E-state index contributed by atoms with van der Waals surface area (Å²) in [5.41, 5.74) is -4.50. The average Bonchev–Trinajstić information content (AvgIpc) is 2.54. The molecule has 0 aliphatic rings. The van der Waals surface area contributed by atoms with Gasteiger partial charge in [-0.3, -0.25) is 9.25 Å². The Bertz CT molecular complexity index is 364. The van der Waals surface area contributed by atoms with Crippen molar-refractivity contribution in [1.82, 2.24) is 14.8 Å². The minimum Gasteiger partial charge on any atom is -0.384 e. The molecule has 15 heavy (non-hydrogen) atoms. The Hall–Kier alpha value is -0.890. The monoisotopic (exact) mass is 243 g/mol. The highest BCUT2D eigenvalue weighted by Gasteiger charge is 2.55. The molecule has 0 aliphatic heterocycles. The molecule has 0 saturated heterocycles. The standard InChI is InChI=1S/C5H8F2N3O4P/c6-5(7,15(12,13)14)4(11)1-10-3-8-2-9-10/h2-4,11H,1H2,(H2,12,13,14). The molecule has 0 aliphatic carbocycles. The van der Waals surface area contributed by atoms with Crippen LogP contribution in [0.4, 0.5) is 8.78 Å². The molecule has 0 spiro atoms. The second kappa shape index (κ2) is 3.93. The van der Waals surface area contributed by atoms with Gasteiger partial charge in [-0.15, -0.1) is 0 Å². The van der Waals surface area contributed by atoms with Crippen molar-refractivity contribution in [2.45, 2.75) is 18.3 Å². The highest BCUT2D eigenvalue weighted by molar-refractivity contribution is 7.53. The first kappa shape index (κ1) is 12.2. The molecule has 0 bridgehead atoms. The fourth-order valence-electron chi connectivity index (χ4n) is 0.808. The van der Waals surface area contributed by atoms with Gasteiger partial charge in [0.05, 0.1) is 6.54 Å². The van der Waals surface area contributed by atoms with Crippen molar-refractivity contribution in [1.29, 1.82) is 0 Å².